The van der Waals surface area contributed by atoms with Gasteiger partial charge in [-0.3, -0.25) is 9.79 Å². The van der Waals surface area contributed by atoms with Crippen LogP contribution in [0.5, 0.6) is 0 Å². The number of amides is 1. The molecule has 0 bridgehead atoms. The number of carbonyl (C=O) groups is 1. The van der Waals surface area contributed by atoms with Crippen LogP contribution in [0.25, 0.3) is 0 Å². The molecule has 160 valence electrons. The maximum atomic E-state index is 12.6. The lowest BCUT2D eigenvalue weighted by molar-refractivity contribution is -0.131. The van der Waals surface area contributed by atoms with E-state index < -0.39 is 0 Å². The zero-order valence-corrected chi connectivity index (χ0v) is 18.0. The highest BCUT2D eigenvalue weighted by Gasteiger charge is 2.29. The van der Waals surface area contributed by atoms with E-state index in [-0.39, 0.29) is 5.91 Å². The fourth-order valence-corrected chi connectivity index (χ4v) is 4.53. The summed E-state index contributed by atoms with van der Waals surface area (Å²) in [6, 6.07) is 8.72. The van der Waals surface area contributed by atoms with Gasteiger partial charge in [0.2, 0.25) is 5.91 Å². The van der Waals surface area contributed by atoms with Gasteiger partial charge in [-0.2, -0.15) is 0 Å². The molecule has 7 heteroatoms. The van der Waals surface area contributed by atoms with E-state index in [1.807, 2.05) is 42.8 Å². The normalized spacial score (nSPS) is 21.6. The Balaban J connectivity index is 1.23. The van der Waals surface area contributed by atoms with Gasteiger partial charge in [-0.25, -0.2) is 4.98 Å². The predicted molar refractivity (Wildman–Crippen MR) is 118 cm³/mol. The van der Waals surface area contributed by atoms with E-state index in [0.29, 0.717) is 18.4 Å². The van der Waals surface area contributed by atoms with Crippen LogP contribution < -0.4 is 5.32 Å². The largest absolute Gasteiger partial charge is 0.356 e. The van der Waals surface area contributed by atoms with E-state index in [1.165, 1.54) is 11.1 Å². The third kappa shape index (κ3) is 4.50. The molecule has 1 fully saturated rings. The first kappa shape index (κ1) is 20.4. The lowest BCUT2D eigenvalue weighted by atomic mass is 9.93. The molecule has 3 heterocycles. The average molecular weight is 409 g/mol. The molecule has 30 heavy (non-hydrogen) atoms. The minimum atomic E-state index is 0.231. The molecule has 1 aromatic carbocycles. The Kier molecular flexibility index (Phi) is 6.35. The summed E-state index contributed by atoms with van der Waals surface area (Å²) in [5, 5.41) is 3.46. The smallest absolute Gasteiger partial charge is 0.223 e. The van der Waals surface area contributed by atoms with Gasteiger partial charge in [0.05, 0.1) is 12.4 Å². The summed E-state index contributed by atoms with van der Waals surface area (Å²) in [6.45, 7) is 6.46. The monoisotopic (exact) mass is 408 g/mol. The maximum Gasteiger partial charge on any atom is 0.223 e. The molecule has 2 atom stereocenters. The molecule has 1 aromatic heterocycles. The predicted octanol–water partition coefficient (Wildman–Crippen LogP) is 2.66. The van der Waals surface area contributed by atoms with E-state index in [9.17, 15) is 4.79 Å². The standard InChI is InChI=1S/C23H32N6O/c1-18-9-12-27(16-21(18)28-13-11-25-17-28)23(24-2)26-10-5-8-22(30)29-14-19-6-3-4-7-20(19)15-29/h3-4,6-7,11,13,17-18,21H,5,8-10,12,14-16H2,1-2H3,(H,24,26). The number of aliphatic imine (C=N–C) groups is 1. The molecular formula is C23H32N6O. The fourth-order valence-electron chi connectivity index (χ4n) is 4.53. The maximum absolute atomic E-state index is 12.6. The van der Waals surface area contributed by atoms with Gasteiger partial charge < -0.3 is 19.7 Å². The van der Waals surface area contributed by atoms with Crippen LogP contribution >= 0.6 is 0 Å². The number of hydrogen-bond acceptors (Lipinski definition) is 3. The van der Waals surface area contributed by atoms with Crippen molar-refractivity contribution in [2.24, 2.45) is 10.9 Å². The number of fused-ring (bicyclic) bond motifs is 1. The van der Waals surface area contributed by atoms with Crippen molar-refractivity contribution >= 4 is 11.9 Å². The van der Waals surface area contributed by atoms with Crippen LogP contribution in [0.3, 0.4) is 0 Å². The van der Waals surface area contributed by atoms with Crippen LogP contribution in [0, 0.1) is 5.92 Å². The first-order chi connectivity index (χ1) is 14.7. The van der Waals surface area contributed by atoms with Gasteiger partial charge >= 0.3 is 0 Å². The third-order valence-electron chi connectivity index (χ3n) is 6.38. The number of likely N-dealkylation sites (tertiary alicyclic amines) is 1. The zero-order chi connectivity index (χ0) is 20.9. The van der Waals surface area contributed by atoms with E-state index in [2.05, 4.69) is 43.8 Å². The average Bonchev–Trinajstić information content (AvgIpc) is 3.44. The molecule has 1 amide bonds. The Hall–Kier alpha value is -2.83. The van der Waals surface area contributed by atoms with Crippen molar-refractivity contribution in [3.63, 3.8) is 0 Å². The van der Waals surface area contributed by atoms with Crippen molar-refractivity contribution in [2.75, 3.05) is 26.7 Å². The van der Waals surface area contributed by atoms with Crippen molar-refractivity contribution in [3.8, 4) is 0 Å². The molecule has 7 nitrogen and oxygen atoms in total. The molecule has 0 saturated carbocycles. The van der Waals surface area contributed by atoms with Crippen LogP contribution in [0.15, 0.2) is 48.0 Å². The van der Waals surface area contributed by atoms with E-state index in [0.717, 1.165) is 51.5 Å². The summed E-state index contributed by atoms with van der Waals surface area (Å²) in [5.41, 5.74) is 2.55. The number of piperidine rings is 1. The zero-order valence-electron chi connectivity index (χ0n) is 18.0. The Labute approximate surface area is 178 Å². The van der Waals surface area contributed by atoms with Gasteiger partial charge in [0, 0.05) is 58.6 Å². The van der Waals surface area contributed by atoms with Crippen molar-refractivity contribution < 1.29 is 4.79 Å². The van der Waals surface area contributed by atoms with E-state index >= 15 is 0 Å². The molecular weight excluding hydrogens is 376 g/mol. The number of guanidine groups is 1. The van der Waals surface area contributed by atoms with Crippen LogP contribution in [0.1, 0.15) is 43.4 Å². The summed E-state index contributed by atoms with van der Waals surface area (Å²) >= 11 is 0. The second-order valence-corrected chi connectivity index (χ2v) is 8.39. The van der Waals surface area contributed by atoms with Gasteiger partial charge in [-0.15, -0.1) is 0 Å². The summed E-state index contributed by atoms with van der Waals surface area (Å²) in [7, 11) is 1.83. The second-order valence-electron chi connectivity index (χ2n) is 8.39. The Morgan fingerprint density at radius 1 is 1.23 bits per heavy atom. The van der Waals surface area contributed by atoms with E-state index in [4.69, 9.17) is 0 Å². The van der Waals surface area contributed by atoms with Crippen LogP contribution in [0.4, 0.5) is 0 Å². The number of imidazole rings is 1. The molecule has 2 unspecified atom stereocenters. The highest BCUT2D eigenvalue weighted by atomic mass is 16.2. The molecule has 1 saturated heterocycles. The van der Waals surface area contributed by atoms with Crippen molar-refractivity contribution in [3.05, 3.63) is 54.1 Å². The molecule has 0 spiro atoms. The van der Waals surface area contributed by atoms with Crippen LogP contribution in [-0.2, 0) is 17.9 Å². The minimum Gasteiger partial charge on any atom is -0.356 e. The molecule has 2 aliphatic rings. The van der Waals surface area contributed by atoms with Gasteiger partial charge in [0.1, 0.15) is 0 Å². The molecule has 2 aromatic rings. The number of carbonyl (C=O) groups excluding carboxylic acids is 1. The highest BCUT2D eigenvalue weighted by molar-refractivity contribution is 5.80. The molecule has 0 aliphatic carbocycles. The van der Waals surface area contributed by atoms with Gasteiger partial charge in [0.25, 0.3) is 0 Å². The van der Waals surface area contributed by atoms with Gasteiger partial charge in [0.15, 0.2) is 5.96 Å². The third-order valence-corrected chi connectivity index (χ3v) is 6.38. The minimum absolute atomic E-state index is 0.231. The molecule has 4 rings (SSSR count). The molecule has 0 radical (unpaired) electrons. The second kappa shape index (κ2) is 9.32. The van der Waals surface area contributed by atoms with E-state index in [1.54, 1.807) is 0 Å². The summed E-state index contributed by atoms with van der Waals surface area (Å²) < 4.78 is 2.21. The Morgan fingerprint density at radius 3 is 2.67 bits per heavy atom. The van der Waals surface area contributed by atoms with Gasteiger partial charge in [-0.05, 0) is 29.9 Å². The lowest BCUT2D eigenvalue weighted by Gasteiger charge is -2.39. The number of nitrogens with one attached hydrogen (secondary N) is 1. The van der Waals surface area contributed by atoms with Gasteiger partial charge in [-0.1, -0.05) is 31.2 Å². The Bertz CT molecular complexity index is 853. The number of rotatable bonds is 5. The first-order valence-electron chi connectivity index (χ1n) is 10.9. The first-order valence-corrected chi connectivity index (χ1v) is 10.9. The summed E-state index contributed by atoms with van der Waals surface area (Å²) in [5.74, 6) is 1.76. The number of nitrogens with zero attached hydrogens (tertiary/aromatic N) is 5. The summed E-state index contributed by atoms with van der Waals surface area (Å²) in [6.07, 6.45) is 8.28. The quantitative estimate of drug-likeness (QED) is 0.469. The van der Waals surface area contributed by atoms with Crippen molar-refractivity contribution in [2.45, 2.75) is 45.3 Å². The Morgan fingerprint density at radius 2 is 2.00 bits per heavy atom. The molecule has 1 N–H and O–H groups in total. The van der Waals surface area contributed by atoms with Crippen molar-refractivity contribution in [1.29, 1.82) is 0 Å². The topological polar surface area (TPSA) is 65.8 Å². The number of benzene rings is 1. The molecule has 2 aliphatic heterocycles. The fraction of sp³-hybridized carbons (Fsp3) is 0.522. The highest BCUT2D eigenvalue weighted by Crippen LogP contribution is 2.27. The summed E-state index contributed by atoms with van der Waals surface area (Å²) in [4.78, 5) is 25.6. The number of hydrogen-bond donors (Lipinski definition) is 1. The van der Waals surface area contributed by atoms with Crippen molar-refractivity contribution in [1.82, 2.24) is 24.7 Å². The number of aromatic nitrogens is 2. The van der Waals surface area contributed by atoms with Crippen LogP contribution in [-0.4, -0.2) is 57.9 Å². The SMILES string of the molecule is CN=C(NCCCC(=O)N1Cc2ccccc2C1)N1CCC(C)C(n2ccnc2)C1. The lowest BCUT2D eigenvalue weighted by Crippen LogP contribution is -2.49. The van der Waals surface area contributed by atoms with Crippen LogP contribution in [0.2, 0.25) is 0 Å².